The number of benzene rings is 1. The second-order valence-electron chi connectivity index (χ2n) is 4.97. The molecule has 1 fully saturated rings. The molecular formula is C14H20IN3. The molecule has 1 aliphatic heterocycles. The van der Waals surface area contributed by atoms with Crippen LogP contribution in [0.3, 0.4) is 0 Å². The van der Waals surface area contributed by atoms with E-state index >= 15 is 0 Å². The van der Waals surface area contributed by atoms with Gasteiger partial charge in [-0.05, 0) is 24.3 Å². The summed E-state index contributed by atoms with van der Waals surface area (Å²) in [6.45, 7) is 1.85. The predicted molar refractivity (Wildman–Crippen MR) is 85.3 cm³/mol. The topological polar surface area (TPSA) is 36.4 Å². The van der Waals surface area contributed by atoms with E-state index in [0.29, 0.717) is 6.04 Å². The SMILES string of the molecule is I.c1ccc(CNC2=NCC3CCCC3N2)cc1. The van der Waals surface area contributed by atoms with Gasteiger partial charge in [-0.2, -0.15) is 0 Å². The zero-order chi connectivity index (χ0) is 11.5. The fraction of sp³-hybridized carbons (Fsp3) is 0.500. The lowest BCUT2D eigenvalue weighted by molar-refractivity contribution is 0.431. The summed E-state index contributed by atoms with van der Waals surface area (Å²) in [6, 6.07) is 11.1. The first-order chi connectivity index (χ1) is 8.42. The molecule has 0 spiro atoms. The maximum Gasteiger partial charge on any atom is 0.191 e. The van der Waals surface area contributed by atoms with Gasteiger partial charge in [0.2, 0.25) is 0 Å². The molecule has 1 aromatic carbocycles. The number of fused-ring (bicyclic) bond motifs is 1. The highest BCUT2D eigenvalue weighted by Crippen LogP contribution is 2.27. The minimum Gasteiger partial charge on any atom is -0.353 e. The maximum atomic E-state index is 4.58. The molecule has 1 saturated carbocycles. The van der Waals surface area contributed by atoms with Crippen molar-refractivity contribution in [1.82, 2.24) is 10.6 Å². The Bertz CT molecular complexity index is 405. The molecule has 2 N–H and O–H groups in total. The Morgan fingerprint density at radius 2 is 2.06 bits per heavy atom. The Morgan fingerprint density at radius 1 is 1.22 bits per heavy atom. The Morgan fingerprint density at radius 3 is 2.89 bits per heavy atom. The highest BCUT2D eigenvalue weighted by atomic mass is 127. The normalized spacial score (nSPS) is 25.4. The van der Waals surface area contributed by atoms with Gasteiger partial charge in [-0.1, -0.05) is 36.8 Å². The van der Waals surface area contributed by atoms with Crippen molar-refractivity contribution >= 4 is 29.9 Å². The van der Waals surface area contributed by atoms with Crippen LogP contribution in [0.4, 0.5) is 0 Å². The predicted octanol–water partition coefficient (Wildman–Crippen LogP) is 2.52. The molecule has 4 heteroatoms. The van der Waals surface area contributed by atoms with Gasteiger partial charge in [0.15, 0.2) is 5.96 Å². The zero-order valence-corrected chi connectivity index (χ0v) is 12.8. The van der Waals surface area contributed by atoms with Gasteiger partial charge in [0, 0.05) is 19.1 Å². The molecule has 0 saturated heterocycles. The summed E-state index contributed by atoms with van der Waals surface area (Å²) >= 11 is 0. The summed E-state index contributed by atoms with van der Waals surface area (Å²) in [5.41, 5.74) is 1.30. The average Bonchev–Trinajstić information content (AvgIpc) is 2.85. The summed E-state index contributed by atoms with van der Waals surface area (Å²) in [5.74, 6) is 1.76. The molecule has 2 atom stereocenters. The zero-order valence-electron chi connectivity index (χ0n) is 10.4. The van der Waals surface area contributed by atoms with Crippen LogP contribution in [0.15, 0.2) is 35.3 Å². The highest BCUT2D eigenvalue weighted by Gasteiger charge is 2.30. The molecular weight excluding hydrogens is 337 g/mol. The van der Waals surface area contributed by atoms with Crippen molar-refractivity contribution in [3.8, 4) is 0 Å². The van der Waals surface area contributed by atoms with Crippen LogP contribution < -0.4 is 10.6 Å². The number of nitrogens with one attached hydrogen (secondary N) is 2. The molecule has 1 heterocycles. The highest BCUT2D eigenvalue weighted by molar-refractivity contribution is 14.0. The van der Waals surface area contributed by atoms with Gasteiger partial charge in [0.25, 0.3) is 0 Å². The number of hydrogen-bond acceptors (Lipinski definition) is 3. The van der Waals surface area contributed by atoms with Crippen LogP contribution in [-0.2, 0) is 6.54 Å². The van der Waals surface area contributed by atoms with Crippen molar-refractivity contribution in [2.75, 3.05) is 6.54 Å². The second-order valence-corrected chi connectivity index (χ2v) is 4.97. The molecule has 2 aliphatic rings. The minimum absolute atomic E-state index is 0. The van der Waals surface area contributed by atoms with Gasteiger partial charge in [0.1, 0.15) is 0 Å². The van der Waals surface area contributed by atoms with E-state index in [0.717, 1.165) is 25.0 Å². The van der Waals surface area contributed by atoms with E-state index in [1.165, 1.54) is 24.8 Å². The van der Waals surface area contributed by atoms with E-state index in [2.05, 4.69) is 39.9 Å². The molecule has 2 unspecified atom stereocenters. The van der Waals surface area contributed by atoms with E-state index in [9.17, 15) is 0 Å². The monoisotopic (exact) mass is 357 g/mol. The van der Waals surface area contributed by atoms with Gasteiger partial charge < -0.3 is 10.6 Å². The van der Waals surface area contributed by atoms with Crippen LogP contribution >= 0.6 is 24.0 Å². The molecule has 0 amide bonds. The number of halogens is 1. The number of nitrogens with zero attached hydrogens (tertiary/aromatic N) is 1. The van der Waals surface area contributed by atoms with E-state index in [-0.39, 0.29) is 24.0 Å². The third-order valence-corrected chi connectivity index (χ3v) is 3.77. The Labute approximate surface area is 125 Å². The molecule has 0 aromatic heterocycles. The van der Waals surface area contributed by atoms with Crippen molar-refractivity contribution in [2.24, 2.45) is 10.9 Å². The fourth-order valence-corrected chi connectivity index (χ4v) is 2.76. The van der Waals surface area contributed by atoms with E-state index in [4.69, 9.17) is 0 Å². The molecule has 0 bridgehead atoms. The summed E-state index contributed by atoms with van der Waals surface area (Å²) in [4.78, 5) is 4.58. The third kappa shape index (κ3) is 3.16. The number of guanidine groups is 1. The first-order valence-corrected chi connectivity index (χ1v) is 6.50. The number of hydrogen-bond donors (Lipinski definition) is 2. The number of rotatable bonds is 2. The van der Waals surface area contributed by atoms with Gasteiger partial charge in [-0.15, -0.1) is 24.0 Å². The molecule has 3 nitrogen and oxygen atoms in total. The summed E-state index contributed by atoms with van der Waals surface area (Å²) in [5, 5.41) is 6.91. The summed E-state index contributed by atoms with van der Waals surface area (Å²) in [6.07, 6.45) is 3.99. The lowest BCUT2D eigenvalue weighted by Gasteiger charge is -2.27. The van der Waals surface area contributed by atoms with Crippen molar-refractivity contribution in [1.29, 1.82) is 0 Å². The molecule has 1 aromatic rings. The molecule has 1 aliphatic carbocycles. The second kappa shape index (κ2) is 6.41. The number of aliphatic imine (C=N–C) groups is 1. The van der Waals surface area contributed by atoms with Crippen LogP contribution in [0.25, 0.3) is 0 Å². The van der Waals surface area contributed by atoms with Gasteiger partial charge in [-0.25, -0.2) is 0 Å². The summed E-state index contributed by atoms with van der Waals surface area (Å²) < 4.78 is 0. The maximum absolute atomic E-state index is 4.58. The third-order valence-electron chi connectivity index (χ3n) is 3.77. The van der Waals surface area contributed by atoms with Crippen LogP contribution in [0.2, 0.25) is 0 Å². The molecule has 18 heavy (non-hydrogen) atoms. The van der Waals surface area contributed by atoms with Crippen LogP contribution in [0, 0.1) is 5.92 Å². The van der Waals surface area contributed by atoms with E-state index in [1.54, 1.807) is 0 Å². The van der Waals surface area contributed by atoms with Crippen molar-refractivity contribution < 1.29 is 0 Å². The standard InChI is InChI=1S/C14H19N3.HI/c1-2-5-11(6-3-1)9-15-14-16-10-12-7-4-8-13(12)17-14;/h1-3,5-6,12-13H,4,7-10H2,(H2,15,16,17);1H. The molecule has 0 radical (unpaired) electrons. The fourth-order valence-electron chi connectivity index (χ4n) is 2.76. The quantitative estimate of drug-likeness (QED) is 0.799. The van der Waals surface area contributed by atoms with Gasteiger partial charge >= 0.3 is 0 Å². The Balaban J connectivity index is 0.00000120. The largest absolute Gasteiger partial charge is 0.353 e. The van der Waals surface area contributed by atoms with Gasteiger partial charge in [-0.3, -0.25) is 4.99 Å². The smallest absolute Gasteiger partial charge is 0.191 e. The van der Waals surface area contributed by atoms with E-state index in [1.807, 2.05) is 6.07 Å². The average molecular weight is 357 g/mol. The Kier molecular flexibility index (Phi) is 4.86. The molecule has 98 valence electrons. The van der Waals surface area contributed by atoms with Crippen molar-refractivity contribution in [3.05, 3.63) is 35.9 Å². The van der Waals surface area contributed by atoms with Crippen LogP contribution in [0.5, 0.6) is 0 Å². The minimum atomic E-state index is 0. The van der Waals surface area contributed by atoms with Crippen molar-refractivity contribution in [3.63, 3.8) is 0 Å². The summed E-state index contributed by atoms with van der Waals surface area (Å²) in [7, 11) is 0. The van der Waals surface area contributed by atoms with Crippen LogP contribution in [0.1, 0.15) is 24.8 Å². The first kappa shape index (κ1) is 13.6. The lowest BCUT2D eigenvalue weighted by Crippen LogP contribution is -2.48. The van der Waals surface area contributed by atoms with Crippen LogP contribution in [-0.4, -0.2) is 18.5 Å². The van der Waals surface area contributed by atoms with E-state index < -0.39 is 0 Å². The molecule has 3 rings (SSSR count). The van der Waals surface area contributed by atoms with Crippen molar-refractivity contribution in [2.45, 2.75) is 31.8 Å². The van der Waals surface area contributed by atoms with Gasteiger partial charge in [0.05, 0.1) is 0 Å². The Hall–Kier alpha value is -0.780. The lowest BCUT2D eigenvalue weighted by atomic mass is 10.0. The first-order valence-electron chi connectivity index (χ1n) is 6.50.